The van der Waals surface area contributed by atoms with E-state index in [0.717, 1.165) is 22.6 Å². The molecule has 3 rings (SSSR count). The van der Waals surface area contributed by atoms with Gasteiger partial charge in [-0.2, -0.15) is 0 Å². The Bertz CT molecular complexity index is 874. The normalized spacial score (nSPS) is 10.8. The molecule has 0 aliphatic rings. The molecule has 3 aromatic rings. The van der Waals surface area contributed by atoms with Crippen molar-refractivity contribution in [2.45, 2.75) is 20.0 Å². The zero-order valence-electron chi connectivity index (χ0n) is 14.3. The molecule has 0 N–H and O–H groups in total. The van der Waals surface area contributed by atoms with Gasteiger partial charge in [-0.05, 0) is 36.4 Å². The highest BCUT2D eigenvalue weighted by molar-refractivity contribution is 6.30. The average molecular weight is 358 g/mol. The van der Waals surface area contributed by atoms with Gasteiger partial charge >= 0.3 is 0 Å². The number of rotatable bonds is 6. The van der Waals surface area contributed by atoms with E-state index in [2.05, 4.69) is 9.55 Å². The second kappa shape index (κ2) is 7.57. The van der Waals surface area contributed by atoms with Crippen molar-refractivity contribution < 1.29 is 9.53 Å². The van der Waals surface area contributed by atoms with E-state index < -0.39 is 0 Å². The molecule has 5 nitrogen and oxygen atoms in total. The number of hydrogen-bond donors (Lipinski definition) is 0. The summed E-state index contributed by atoms with van der Waals surface area (Å²) in [6.07, 6.45) is 0. The predicted octanol–water partition coefficient (Wildman–Crippen LogP) is 3.75. The summed E-state index contributed by atoms with van der Waals surface area (Å²) in [7, 11) is 1.77. The summed E-state index contributed by atoms with van der Waals surface area (Å²) in [5.74, 6) is 1.63. The zero-order chi connectivity index (χ0) is 17.8. The SMILES string of the molecule is CC(=O)N(C)Cc1nc2ccccc2n1CCOc1ccc(Cl)cc1. The molecule has 0 saturated carbocycles. The summed E-state index contributed by atoms with van der Waals surface area (Å²) in [6, 6.07) is 15.2. The van der Waals surface area contributed by atoms with Crippen LogP contribution in [0.2, 0.25) is 5.02 Å². The van der Waals surface area contributed by atoms with Gasteiger partial charge in [-0.3, -0.25) is 4.79 Å². The monoisotopic (exact) mass is 357 g/mol. The second-order valence-electron chi connectivity index (χ2n) is 5.85. The van der Waals surface area contributed by atoms with Crippen molar-refractivity contribution in [1.82, 2.24) is 14.5 Å². The summed E-state index contributed by atoms with van der Waals surface area (Å²) >= 11 is 5.89. The highest BCUT2D eigenvalue weighted by atomic mass is 35.5. The van der Waals surface area contributed by atoms with E-state index in [-0.39, 0.29) is 5.91 Å². The van der Waals surface area contributed by atoms with Crippen molar-refractivity contribution in [3.63, 3.8) is 0 Å². The minimum atomic E-state index is 0.0102. The van der Waals surface area contributed by atoms with Gasteiger partial charge in [0.05, 0.1) is 24.1 Å². The molecule has 1 aromatic heterocycles. The van der Waals surface area contributed by atoms with E-state index in [4.69, 9.17) is 16.3 Å². The summed E-state index contributed by atoms with van der Waals surface area (Å²) in [5, 5.41) is 0.683. The van der Waals surface area contributed by atoms with Crippen LogP contribution < -0.4 is 4.74 Å². The standard InChI is InChI=1S/C19H20ClN3O2/c1-14(24)22(2)13-19-21-17-5-3-4-6-18(17)23(19)11-12-25-16-9-7-15(20)8-10-16/h3-10H,11-13H2,1-2H3. The van der Waals surface area contributed by atoms with E-state index in [1.807, 2.05) is 36.4 Å². The van der Waals surface area contributed by atoms with Gasteiger partial charge < -0.3 is 14.2 Å². The molecular formula is C19H20ClN3O2. The molecule has 2 aromatic carbocycles. The van der Waals surface area contributed by atoms with Crippen LogP contribution in [-0.2, 0) is 17.9 Å². The van der Waals surface area contributed by atoms with Crippen molar-refractivity contribution in [3.05, 3.63) is 59.4 Å². The maximum absolute atomic E-state index is 11.6. The van der Waals surface area contributed by atoms with E-state index >= 15 is 0 Å². The number of fused-ring (bicyclic) bond motifs is 1. The Morgan fingerprint density at radius 2 is 1.92 bits per heavy atom. The molecule has 0 aliphatic carbocycles. The van der Waals surface area contributed by atoms with Gasteiger partial charge in [0.1, 0.15) is 18.2 Å². The van der Waals surface area contributed by atoms with Crippen LogP contribution in [0.15, 0.2) is 48.5 Å². The van der Waals surface area contributed by atoms with Crippen molar-refractivity contribution in [2.24, 2.45) is 0 Å². The van der Waals surface area contributed by atoms with Crippen molar-refractivity contribution >= 4 is 28.5 Å². The van der Waals surface area contributed by atoms with E-state index in [0.29, 0.717) is 24.7 Å². The first-order valence-corrected chi connectivity index (χ1v) is 8.46. The molecule has 1 heterocycles. The first kappa shape index (κ1) is 17.3. The number of aromatic nitrogens is 2. The van der Waals surface area contributed by atoms with Crippen molar-refractivity contribution in [3.8, 4) is 5.75 Å². The van der Waals surface area contributed by atoms with Crippen molar-refractivity contribution in [1.29, 1.82) is 0 Å². The van der Waals surface area contributed by atoms with Crippen LogP contribution in [0.1, 0.15) is 12.7 Å². The van der Waals surface area contributed by atoms with Gasteiger partial charge in [0, 0.05) is 19.0 Å². The summed E-state index contributed by atoms with van der Waals surface area (Å²) in [5.41, 5.74) is 1.95. The zero-order valence-corrected chi connectivity index (χ0v) is 15.0. The number of nitrogens with zero attached hydrogens (tertiary/aromatic N) is 3. The fourth-order valence-electron chi connectivity index (χ4n) is 2.60. The molecule has 0 fully saturated rings. The molecule has 1 amide bonds. The Morgan fingerprint density at radius 3 is 2.64 bits per heavy atom. The van der Waals surface area contributed by atoms with Gasteiger partial charge in [0.2, 0.25) is 5.91 Å². The highest BCUT2D eigenvalue weighted by Crippen LogP contribution is 2.19. The number of imidazole rings is 1. The van der Waals surface area contributed by atoms with Crippen LogP contribution in [0, 0.1) is 0 Å². The van der Waals surface area contributed by atoms with Gasteiger partial charge in [0.25, 0.3) is 0 Å². The predicted molar refractivity (Wildman–Crippen MR) is 98.8 cm³/mol. The van der Waals surface area contributed by atoms with Crippen LogP contribution in [0.5, 0.6) is 5.75 Å². The molecule has 0 aliphatic heterocycles. The van der Waals surface area contributed by atoms with Gasteiger partial charge in [-0.25, -0.2) is 4.98 Å². The molecule has 0 unspecified atom stereocenters. The third kappa shape index (κ3) is 4.12. The van der Waals surface area contributed by atoms with Crippen molar-refractivity contribution in [2.75, 3.05) is 13.7 Å². The fraction of sp³-hybridized carbons (Fsp3) is 0.263. The fourth-order valence-corrected chi connectivity index (χ4v) is 2.73. The molecule has 130 valence electrons. The lowest BCUT2D eigenvalue weighted by molar-refractivity contribution is -0.128. The van der Waals surface area contributed by atoms with Crippen LogP contribution in [0.4, 0.5) is 0 Å². The molecule has 0 saturated heterocycles. The smallest absolute Gasteiger partial charge is 0.219 e. The number of benzene rings is 2. The lowest BCUT2D eigenvalue weighted by atomic mass is 10.3. The van der Waals surface area contributed by atoms with E-state index in [9.17, 15) is 4.79 Å². The molecule has 0 atom stereocenters. The number of carbonyl (C=O) groups excluding carboxylic acids is 1. The van der Waals surface area contributed by atoms with E-state index in [1.165, 1.54) is 0 Å². The Kier molecular flexibility index (Phi) is 5.24. The van der Waals surface area contributed by atoms with Gasteiger partial charge in [-0.15, -0.1) is 0 Å². The van der Waals surface area contributed by atoms with Crippen LogP contribution in [-0.4, -0.2) is 34.0 Å². The lowest BCUT2D eigenvalue weighted by Crippen LogP contribution is -2.25. The number of ether oxygens (including phenoxy) is 1. The number of para-hydroxylation sites is 2. The Hall–Kier alpha value is -2.53. The molecule has 0 radical (unpaired) electrons. The first-order valence-electron chi connectivity index (χ1n) is 8.09. The number of amides is 1. The first-order chi connectivity index (χ1) is 12.0. The maximum Gasteiger partial charge on any atom is 0.219 e. The number of carbonyl (C=O) groups is 1. The Labute approximate surface area is 151 Å². The number of halogens is 1. The highest BCUT2D eigenvalue weighted by Gasteiger charge is 2.13. The Morgan fingerprint density at radius 1 is 1.20 bits per heavy atom. The molecule has 25 heavy (non-hydrogen) atoms. The third-order valence-electron chi connectivity index (χ3n) is 4.05. The van der Waals surface area contributed by atoms with Crippen LogP contribution >= 0.6 is 11.6 Å². The van der Waals surface area contributed by atoms with Crippen LogP contribution in [0.25, 0.3) is 11.0 Å². The molecular weight excluding hydrogens is 338 g/mol. The topological polar surface area (TPSA) is 47.4 Å². The Balaban J connectivity index is 1.78. The molecule has 0 spiro atoms. The summed E-state index contributed by atoms with van der Waals surface area (Å²) in [4.78, 5) is 17.9. The van der Waals surface area contributed by atoms with E-state index in [1.54, 1.807) is 31.0 Å². The second-order valence-corrected chi connectivity index (χ2v) is 6.28. The lowest BCUT2D eigenvalue weighted by Gasteiger charge is -2.16. The van der Waals surface area contributed by atoms with Gasteiger partial charge in [0.15, 0.2) is 0 Å². The van der Waals surface area contributed by atoms with Crippen LogP contribution in [0.3, 0.4) is 0 Å². The quantitative estimate of drug-likeness (QED) is 0.675. The molecule has 6 heteroatoms. The minimum absolute atomic E-state index is 0.0102. The van der Waals surface area contributed by atoms with Gasteiger partial charge in [-0.1, -0.05) is 23.7 Å². The third-order valence-corrected chi connectivity index (χ3v) is 4.30. The number of hydrogen-bond acceptors (Lipinski definition) is 3. The summed E-state index contributed by atoms with van der Waals surface area (Å²) < 4.78 is 7.90. The minimum Gasteiger partial charge on any atom is -0.492 e. The summed E-state index contributed by atoms with van der Waals surface area (Å²) in [6.45, 7) is 3.16. The average Bonchev–Trinajstić information content (AvgIpc) is 2.94. The maximum atomic E-state index is 11.6. The largest absolute Gasteiger partial charge is 0.492 e. The molecule has 0 bridgehead atoms.